The molecule has 1 aliphatic rings. The number of carbonyl (C=O) groups excluding carboxylic acids is 1. The highest BCUT2D eigenvalue weighted by molar-refractivity contribution is 7.99. The average molecular weight is 491 g/mol. The molecule has 0 aliphatic carbocycles. The summed E-state index contributed by atoms with van der Waals surface area (Å²) in [7, 11) is -1.89. The number of hydrogen-bond donors (Lipinski definition) is 1. The van der Waals surface area contributed by atoms with Gasteiger partial charge in [0.1, 0.15) is 0 Å². The highest BCUT2D eigenvalue weighted by atomic mass is 32.2. The number of sulfonamides is 1. The highest BCUT2D eigenvalue weighted by Crippen LogP contribution is 2.34. The lowest BCUT2D eigenvalue weighted by Crippen LogP contribution is -2.29. The third-order valence-corrected chi connectivity index (χ3v) is 8.60. The molecular formula is C25H22N4O3S2. The monoisotopic (exact) mass is 490 g/mol. The zero-order valence-electron chi connectivity index (χ0n) is 18.4. The number of nitrogens with one attached hydrogen (secondary N) is 1. The molecule has 0 unspecified atom stereocenters. The van der Waals surface area contributed by atoms with E-state index in [1.807, 2.05) is 66.3 Å². The van der Waals surface area contributed by atoms with Crippen LogP contribution in [0.15, 0.2) is 100 Å². The Labute approximate surface area is 202 Å². The quantitative estimate of drug-likeness (QED) is 0.428. The molecule has 9 heteroatoms. The Balaban J connectivity index is 1.40. The van der Waals surface area contributed by atoms with Gasteiger partial charge in [0.05, 0.1) is 16.3 Å². The number of benzene rings is 3. The van der Waals surface area contributed by atoms with E-state index >= 15 is 0 Å². The van der Waals surface area contributed by atoms with Gasteiger partial charge in [0.25, 0.3) is 15.9 Å². The first-order chi connectivity index (χ1) is 16.4. The predicted octanol–water partition coefficient (Wildman–Crippen LogP) is 4.58. The largest absolute Gasteiger partial charge is 0.329 e. The van der Waals surface area contributed by atoms with E-state index in [0.717, 1.165) is 15.6 Å². The molecule has 0 fully saturated rings. The smallest absolute Gasteiger partial charge is 0.264 e. The molecule has 7 nitrogen and oxygen atoms in total. The molecule has 1 N–H and O–H groups in total. The Morgan fingerprint density at radius 3 is 2.65 bits per heavy atom. The van der Waals surface area contributed by atoms with Crippen LogP contribution in [0.5, 0.6) is 0 Å². The Morgan fingerprint density at radius 2 is 1.82 bits per heavy atom. The summed E-state index contributed by atoms with van der Waals surface area (Å²) in [6.07, 6.45) is 4.24. The topological polar surface area (TPSA) is 84.3 Å². The van der Waals surface area contributed by atoms with Crippen molar-refractivity contribution in [2.24, 2.45) is 7.05 Å². The van der Waals surface area contributed by atoms with Crippen LogP contribution in [0.4, 0.5) is 11.4 Å². The van der Waals surface area contributed by atoms with Crippen molar-refractivity contribution in [3.8, 4) is 0 Å². The molecule has 0 spiro atoms. The van der Waals surface area contributed by atoms with Crippen molar-refractivity contribution >= 4 is 39.1 Å². The van der Waals surface area contributed by atoms with E-state index in [2.05, 4.69) is 10.3 Å². The van der Waals surface area contributed by atoms with Gasteiger partial charge in [-0.3, -0.25) is 9.10 Å². The van der Waals surface area contributed by atoms with Gasteiger partial charge in [0.15, 0.2) is 5.16 Å². The maximum Gasteiger partial charge on any atom is 0.264 e. The molecule has 1 aromatic heterocycles. The van der Waals surface area contributed by atoms with Crippen LogP contribution in [-0.4, -0.2) is 30.4 Å². The minimum atomic E-state index is -3.79. The van der Waals surface area contributed by atoms with Gasteiger partial charge in [-0.25, -0.2) is 13.4 Å². The fraction of sp³-hybridized carbons (Fsp3) is 0.120. The Morgan fingerprint density at radius 1 is 1.03 bits per heavy atom. The standard InChI is InChI=1S/C25H22N4O3S2/c1-28-16-14-26-25(28)33-23-12-5-3-10-21(23)27-24(30)19-8-6-9-20(17-19)34(31,32)29-15-13-18-7-2-4-11-22(18)29/h2-12,14,16-17H,13,15H2,1H3,(H,27,30). The maximum absolute atomic E-state index is 13.4. The lowest BCUT2D eigenvalue weighted by molar-refractivity contribution is 0.102. The number of amides is 1. The lowest BCUT2D eigenvalue weighted by atomic mass is 10.2. The van der Waals surface area contributed by atoms with Crippen molar-refractivity contribution in [1.82, 2.24) is 9.55 Å². The number of aryl methyl sites for hydroxylation is 1. The van der Waals surface area contributed by atoms with Crippen LogP contribution >= 0.6 is 11.8 Å². The number of hydrogen-bond acceptors (Lipinski definition) is 5. The molecule has 34 heavy (non-hydrogen) atoms. The molecule has 1 amide bonds. The molecule has 3 aromatic carbocycles. The SMILES string of the molecule is Cn1ccnc1Sc1ccccc1NC(=O)c1cccc(S(=O)(=O)N2CCc3ccccc32)c1. The number of imidazole rings is 1. The van der Waals surface area contributed by atoms with Gasteiger partial charge >= 0.3 is 0 Å². The first kappa shape index (κ1) is 22.2. The molecule has 5 rings (SSSR count). The first-order valence-electron chi connectivity index (χ1n) is 10.7. The zero-order chi connectivity index (χ0) is 23.7. The van der Waals surface area contributed by atoms with Crippen molar-refractivity contribution < 1.29 is 13.2 Å². The predicted molar refractivity (Wildman–Crippen MR) is 133 cm³/mol. The maximum atomic E-state index is 13.4. The van der Waals surface area contributed by atoms with Crippen LogP contribution in [-0.2, 0) is 23.5 Å². The van der Waals surface area contributed by atoms with Gasteiger partial charge in [-0.05, 0) is 60.1 Å². The molecule has 0 radical (unpaired) electrons. The van der Waals surface area contributed by atoms with E-state index in [9.17, 15) is 13.2 Å². The van der Waals surface area contributed by atoms with Gasteiger partial charge in [0.2, 0.25) is 0 Å². The Hall–Kier alpha value is -3.56. The van der Waals surface area contributed by atoms with Crippen molar-refractivity contribution in [3.05, 3.63) is 96.3 Å². The number of para-hydroxylation sites is 2. The summed E-state index contributed by atoms with van der Waals surface area (Å²) in [6.45, 7) is 0.385. The second-order valence-corrected chi connectivity index (χ2v) is 10.7. The first-order valence-corrected chi connectivity index (χ1v) is 13.0. The second-order valence-electron chi connectivity index (χ2n) is 7.86. The summed E-state index contributed by atoms with van der Waals surface area (Å²) >= 11 is 1.44. The highest BCUT2D eigenvalue weighted by Gasteiger charge is 2.31. The molecular weight excluding hydrogens is 468 g/mol. The number of anilines is 2. The number of nitrogens with zero attached hydrogens (tertiary/aromatic N) is 3. The molecule has 2 heterocycles. The molecule has 0 bridgehead atoms. The molecule has 172 valence electrons. The normalized spacial score (nSPS) is 13.0. The van der Waals surface area contributed by atoms with Gasteiger partial charge in [-0.15, -0.1) is 0 Å². The van der Waals surface area contributed by atoms with Crippen molar-refractivity contribution in [2.75, 3.05) is 16.2 Å². The van der Waals surface area contributed by atoms with Crippen LogP contribution < -0.4 is 9.62 Å². The van der Waals surface area contributed by atoms with Gasteiger partial charge in [0, 0.05) is 36.4 Å². The van der Waals surface area contributed by atoms with Crippen LogP contribution in [0.2, 0.25) is 0 Å². The summed E-state index contributed by atoms with van der Waals surface area (Å²) in [5.41, 5.74) is 2.59. The fourth-order valence-corrected chi connectivity index (χ4v) is 6.33. The second kappa shape index (κ2) is 9.00. The molecule has 0 saturated carbocycles. The van der Waals surface area contributed by atoms with Crippen molar-refractivity contribution in [2.45, 2.75) is 21.4 Å². The Kier molecular flexibility index (Phi) is 5.89. The fourth-order valence-electron chi connectivity index (χ4n) is 3.88. The van der Waals surface area contributed by atoms with Crippen LogP contribution in [0.25, 0.3) is 0 Å². The Bertz CT molecular complexity index is 1480. The minimum Gasteiger partial charge on any atom is -0.329 e. The number of aromatic nitrogens is 2. The third kappa shape index (κ3) is 4.20. The van der Waals surface area contributed by atoms with E-state index in [4.69, 9.17) is 0 Å². The zero-order valence-corrected chi connectivity index (χ0v) is 20.0. The summed E-state index contributed by atoms with van der Waals surface area (Å²) in [6, 6.07) is 21.1. The number of carbonyl (C=O) groups is 1. The summed E-state index contributed by atoms with van der Waals surface area (Å²) in [4.78, 5) is 18.3. The minimum absolute atomic E-state index is 0.0903. The number of rotatable bonds is 6. The van der Waals surface area contributed by atoms with E-state index in [-0.39, 0.29) is 16.4 Å². The molecule has 4 aromatic rings. The molecule has 0 atom stereocenters. The molecule has 1 aliphatic heterocycles. The molecule has 0 saturated heterocycles. The van der Waals surface area contributed by atoms with Crippen LogP contribution in [0, 0.1) is 0 Å². The van der Waals surface area contributed by atoms with E-state index in [0.29, 0.717) is 24.3 Å². The lowest BCUT2D eigenvalue weighted by Gasteiger charge is -2.20. The summed E-state index contributed by atoms with van der Waals surface area (Å²) in [5, 5.41) is 3.71. The van der Waals surface area contributed by atoms with E-state index < -0.39 is 10.0 Å². The van der Waals surface area contributed by atoms with Crippen molar-refractivity contribution in [1.29, 1.82) is 0 Å². The van der Waals surface area contributed by atoms with Gasteiger partial charge < -0.3 is 9.88 Å². The van der Waals surface area contributed by atoms with Crippen LogP contribution in [0.1, 0.15) is 15.9 Å². The summed E-state index contributed by atoms with van der Waals surface area (Å²) in [5.74, 6) is -0.383. The van der Waals surface area contributed by atoms with Crippen molar-refractivity contribution in [3.63, 3.8) is 0 Å². The van der Waals surface area contributed by atoms with Gasteiger partial charge in [-0.1, -0.05) is 36.4 Å². The summed E-state index contributed by atoms with van der Waals surface area (Å²) < 4.78 is 30.1. The van der Waals surface area contributed by atoms with Gasteiger partial charge in [-0.2, -0.15) is 0 Å². The van der Waals surface area contributed by atoms with E-state index in [1.165, 1.54) is 28.2 Å². The average Bonchev–Trinajstić information content (AvgIpc) is 3.47. The van der Waals surface area contributed by atoms with Crippen LogP contribution in [0.3, 0.4) is 0 Å². The van der Waals surface area contributed by atoms with E-state index in [1.54, 1.807) is 18.3 Å². The number of fused-ring (bicyclic) bond motifs is 1. The third-order valence-electron chi connectivity index (χ3n) is 5.64.